The van der Waals surface area contributed by atoms with Crippen LogP contribution in [0.25, 0.3) is 0 Å². The summed E-state index contributed by atoms with van der Waals surface area (Å²) >= 11 is 0. The van der Waals surface area contributed by atoms with E-state index in [4.69, 9.17) is 4.74 Å². The smallest absolute Gasteiger partial charge is 0.128 e. The van der Waals surface area contributed by atoms with Crippen LogP contribution in [0.5, 0.6) is 0 Å². The number of anilines is 2. The molecule has 0 spiro atoms. The van der Waals surface area contributed by atoms with E-state index in [0.29, 0.717) is 0 Å². The highest BCUT2D eigenvalue weighted by Crippen LogP contribution is 2.20. The minimum atomic E-state index is 0.188. The average molecular weight is 287 g/mol. The van der Waals surface area contributed by atoms with Gasteiger partial charge in [-0.3, -0.25) is 4.68 Å². The molecule has 1 unspecified atom stereocenters. The summed E-state index contributed by atoms with van der Waals surface area (Å²) in [6, 6.07) is 6.34. The van der Waals surface area contributed by atoms with E-state index < -0.39 is 0 Å². The second-order valence-electron chi connectivity index (χ2n) is 5.25. The van der Waals surface area contributed by atoms with Crippen LogP contribution in [0.15, 0.2) is 30.6 Å². The molecule has 3 heterocycles. The Hall–Kier alpha value is -2.08. The van der Waals surface area contributed by atoms with Crippen molar-refractivity contribution in [2.75, 3.05) is 36.5 Å². The molecule has 1 atom stereocenters. The number of hydrogen-bond acceptors (Lipinski definition) is 5. The fraction of sp³-hybridized carbons (Fsp3) is 0.467. The normalized spacial score (nSPS) is 16.8. The first kappa shape index (κ1) is 13.9. The molecular formula is C15H21N5O. The first-order chi connectivity index (χ1) is 10.2. The predicted octanol–water partition coefficient (Wildman–Crippen LogP) is 1.82. The second-order valence-corrected chi connectivity index (χ2v) is 5.25. The number of aryl methyl sites for hydroxylation is 1. The van der Waals surface area contributed by atoms with E-state index >= 15 is 0 Å². The highest BCUT2D eigenvalue weighted by molar-refractivity contribution is 5.49. The number of ether oxygens (including phenoxy) is 1. The Balaban J connectivity index is 1.65. The quantitative estimate of drug-likeness (QED) is 0.929. The van der Waals surface area contributed by atoms with E-state index in [-0.39, 0.29) is 6.04 Å². The Bertz CT molecular complexity index is 574. The zero-order chi connectivity index (χ0) is 14.7. The highest BCUT2D eigenvalue weighted by atomic mass is 16.5. The van der Waals surface area contributed by atoms with E-state index in [1.807, 2.05) is 30.2 Å². The maximum atomic E-state index is 5.36. The van der Waals surface area contributed by atoms with Crippen molar-refractivity contribution >= 4 is 11.5 Å². The molecule has 0 saturated carbocycles. The van der Waals surface area contributed by atoms with Gasteiger partial charge in [0.1, 0.15) is 5.82 Å². The van der Waals surface area contributed by atoms with Crippen molar-refractivity contribution in [1.82, 2.24) is 14.8 Å². The van der Waals surface area contributed by atoms with Crippen molar-refractivity contribution in [3.05, 3.63) is 36.3 Å². The number of hydrogen-bond donors (Lipinski definition) is 1. The van der Waals surface area contributed by atoms with Gasteiger partial charge in [0.25, 0.3) is 0 Å². The molecular weight excluding hydrogens is 266 g/mol. The van der Waals surface area contributed by atoms with E-state index in [1.54, 1.807) is 0 Å². The predicted molar refractivity (Wildman–Crippen MR) is 82.5 cm³/mol. The average Bonchev–Trinajstić information content (AvgIpc) is 2.95. The summed E-state index contributed by atoms with van der Waals surface area (Å²) in [6.45, 7) is 5.49. The Morgan fingerprint density at radius 2 is 2.05 bits per heavy atom. The van der Waals surface area contributed by atoms with Crippen molar-refractivity contribution < 1.29 is 4.74 Å². The summed E-state index contributed by atoms with van der Waals surface area (Å²) in [5.41, 5.74) is 2.16. The number of pyridine rings is 1. The van der Waals surface area contributed by atoms with Crippen molar-refractivity contribution in [2.24, 2.45) is 7.05 Å². The lowest BCUT2D eigenvalue weighted by molar-refractivity contribution is 0.122. The summed E-state index contributed by atoms with van der Waals surface area (Å²) in [5.74, 6) is 1.01. The van der Waals surface area contributed by atoms with Crippen LogP contribution in [-0.4, -0.2) is 41.1 Å². The molecule has 0 aromatic carbocycles. The fourth-order valence-electron chi connectivity index (χ4n) is 2.58. The molecule has 2 aromatic rings. The first-order valence-electron chi connectivity index (χ1n) is 7.27. The van der Waals surface area contributed by atoms with Gasteiger partial charge in [-0.15, -0.1) is 0 Å². The molecule has 2 aromatic heterocycles. The molecule has 1 saturated heterocycles. The van der Waals surface area contributed by atoms with E-state index in [1.165, 1.54) is 0 Å². The highest BCUT2D eigenvalue weighted by Gasteiger charge is 2.13. The minimum Gasteiger partial charge on any atom is -0.378 e. The van der Waals surface area contributed by atoms with Gasteiger partial charge in [-0.25, -0.2) is 4.98 Å². The topological polar surface area (TPSA) is 55.2 Å². The molecule has 0 aliphatic carbocycles. The van der Waals surface area contributed by atoms with Crippen LogP contribution in [0.2, 0.25) is 0 Å². The summed E-state index contributed by atoms with van der Waals surface area (Å²) in [7, 11) is 1.95. The van der Waals surface area contributed by atoms with Crippen LogP contribution in [-0.2, 0) is 11.8 Å². The standard InChI is InChI=1S/C15H21N5O/c1-12(14-5-6-17-19(14)2)18-13-3-4-15(16-11-13)20-7-9-21-10-8-20/h3-6,11-12,18H,7-10H2,1-2H3. The Labute approximate surface area is 124 Å². The molecule has 0 radical (unpaired) electrons. The van der Waals surface area contributed by atoms with Gasteiger partial charge in [0.2, 0.25) is 0 Å². The third-order valence-electron chi connectivity index (χ3n) is 3.77. The number of nitrogens with zero attached hydrogens (tertiary/aromatic N) is 4. The van der Waals surface area contributed by atoms with Gasteiger partial charge in [-0.2, -0.15) is 5.10 Å². The SMILES string of the molecule is CC(Nc1ccc(N2CCOCC2)nc1)c1ccnn1C. The molecule has 0 amide bonds. The van der Waals surface area contributed by atoms with Gasteiger partial charge in [0.15, 0.2) is 0 Å². The summed E-state index contributed by atoms with van der Waals surface area (Å²) in [4.78, 5) is 6.79. The molecule has 6 heteroatoms. The summed E-state index contributed by atoms with van der Waals surface area (Å²) in [5, 5.41) is 7.65. The van der Waals surface area contributed by atoms with Crippen LogP contribution in [0.4, 0.5) is 11.5 Å². The number of nitrogens with one attached hydrogen (secondary N) is 1. The molecule has 3 rings (SSSR count). The lowest BCUT2D eigenvalue weighted by Gasteiger charge is -2.27. The van der Waals surface area contributed by atoms with Crippen LogP contribution < -0.4 is 10.2 Å². The lowest BCUT2D eigenvalue weighted by Crippen LogP contribution is -2.36. The van der Waals surface area contributed by atoms with Crippen LogP contribution >= 0.6 is 0 Å². The second kappa shape index (κ2) is 6.13. The van der Waals surface area contributed by atoms with Crippen molar-refractivity contribution in [3.63, 3.8) is 0 Å². The third-order valence-corrected chi connectivity index (χ3v) is 3.77. The van der Waals surface area contributed by atoms with Gasteiger partial charge < -0.3 is 15.0 Å². The van der Waals surface area contributed by atoms with Crippen molar-refractivity contribution in [1.29, 1.82) is 0 Å². The van der Waals surface area contributed by atoms with Crippen molar-refractivity contribution in [3.8, 4) is 0 Å². The number of morpholine rings is 1. The van der Waals surface area contributed by atoms with Crippen molar-refractivity contribution in [2.45, 2.75) is 13.0 Å². The van der Waals surface area contributed by atoms with E-state index in [9.17, 15) is 0 Å². The van der Waals surface area contributed by atoms with Crippen LogP contribution in [0.1, 0.15) is 18.7 Å². The molecule has 112 valence electrons. The first-order valence-corrected chi connectivity index (χ1v) is 7.27. The maximum Gasteiger partial charge on any atom is 0.128 e. The van der Waals surface area contributed by atoms with Crippen LogP contribution in [0, 0.1) is 0 Å². The Morgan fingerprint density at radius 3 is 2.67 bits per heavy atom. The van der Waals surface area contributed by atoms with Gasteiger partial charge in [0, 0.05) is 26.3 Å². The maximum absolute atomic E-state index is 5.36. The zero-order valence-electron chi connectivity index (χ0n) is 12.5. The molecule has 1 aliphatic heterocycles. The molecule has 21 heavy (non-hydrogen) atoms. The van der Waals surface area contributed by atoms with Crippen LogP contribution in [0.3, 0.4) is 0 Å². The van der Waals surface area contributed by atoms with Gasteiger partial charge in [-0.05, 0) is 25.1 Å². The molecule has 1 aliphatic rings. The zero-order valence-corrected chi connectivity index (χ0v) is 12.5. The lowest BCUT2D eigenvalue weighted by atomic mass is 10.2. The van der Waals surface area contributed by atoms with E-state index in [0.717, 1.165) is 43.5 Å². The van der Waals surface area contributed by atoms with E-state index in [2.05, 4.69) is 39.4 Å². The van der Waals surface area contributed by atoms with Gasteiger partial charge in [0.05, 0.1) is 36.8 Å². The monoisotopic (exact) mass is 287 g/mol. The van der Waals surface area contributed by atoms with Gasteiger partial charge >= 0.3 is 0 Å². The Kier molecular flexibility index (Phi) is 4.06. The number of aromatic nitrogens is 3. The molecule has 6 nitrogen and oxygen atoms in total. The molecule has 1 fully saturated rings. The van der Waals surface area contributed by atoms with Gasteiger partial charge in [-0.1, -0.05) is 0 Å². The Morgan fingerprint density at radius 1 is 1.24 bits per heavy atom. The molecule has 1 N–H and O–H groups in total. The largest absolute Gasteiger partial charge is 0.378 e. The number of rotatable bonds is 4. The minimum absolute atomic E-state index is 0.188. The fourth-order valence-corrected chi connectivity index (χ4v) is 2.58. The third kappa shape index (κ3) is 3.16. The summed E-state index contributed by atoms with van der Waals surface area (Å²) < 4.78 is 7.24. The summed E-state index contributed by atoms with van der Waals surface area (Å²) in [6.07, 6.45) is 3.70. The molecule has 0 bridgehead atoms.